The van der Waals surface area contributed by atoms with E-state index in [0.717, 1.165) is 31.4 Å². The molecule has 1 saturated heterocycles. The van der Waals surface area contributed by atoms with E-state index in [1.165, 1.54) is 7.11 Å². The average molecular weight is 280 g/mol. The largest absolute Gasteiger partial charge is 0.436 e. The Balaban J connectivity index is 2.03. The van der Waals surface area contributed by atoms with E-state index in [2.05, 4.69) is 0 Å². The molecule has 17 heavy (non-hydrogen) atoms. The topological polar surface area (TPSA) is 52.6 Å². The van der Waals surface area contributed by atoms with Crippen molar-refractivity contribution in [3.63, 3.8) is 0 Å². The average Bonchev–Trinajstić information content (AvgIpc) is 2.70. The Morgan fingerprint density at radius 1 is 1.53 bits per heavy atom. The van der Waals surface area contributed by atoms with Crippen molar-refractivity contribution in [1.82, 2.24) is 0 Å². The summed E-state index contributed by atoms with van der Waals surface area (Å²) in [5, 5.41) is 0.328. The number of unbranched alkanes of at least 4 members (excludes halogenated alkanes) is 1. The number of esters is 1. The van der Waals surface area contributed by atoms with Gasteiger partial charge in [-0.25, -0.2) is 4.21 Å². The molecule has 0 bridgehead atoms. The predicted molar refractivity (Wildman–Crippen MR) is 70.0 cm³/mol. The third-order valence-electron chi connectivity index (χ3n) is 2.70. The summed E-state index contributed by atoms with van der Waals surface area (Å²) in [5.41, 5.74) is 0. The van der Waals surface area contributed by atoms with Gasteiger partial charge < -0.3 is 9.47 Å². The van der Waals surface area contributed by atoms with Crippen LogP contribution in [0.4, 0.5) is 0 Å². The molecule has 3 atom stereocenters. The van der Waals surface area contributed by atoms with Gasteiger partial charge in [0.2, 0.25) is 0 Å². The minimum absolute atomic E-state index is 0.221. The van der Waals surface area contributed by atoms with E-state index in [1.54, 1.807) is 17.7 Å². The maximum Gasteiger partial charge on any atom is 0.308 e. The Labute approximate surface area is 109 Å². The quantitative estimate of drug-likeness (QED) is 0.310. The first-order valence-electron chi connectivity index (χ1n) is 5.89. The minimum atomic E-state index is -0.705. The fraction of sp³-hybridized carbons (Fsp3) is 0.909. The highest BCUT2D eigenvalue weighted by atomic mass is 33.1. The first-order valence-corrected chi connectivity index (χ1v) is 8.61. The van der Waals surface area contributed by atoms with Gasteiger partial charge >= 0.3 is 5.97 Å². The molecule has 0 spiro atoms. The smallest absolute Gasteiger partial charge is 0.308 e. The Kier molecular flexibility index (Phi) is 7.15. The standard InChI is InChI=1S/C11H20O4S2/c1-9(14-2)15-11(12)6-4-3-5-10-7-8-16-17(10)13/h9-10H,3-8H2,1-2H3. The zero-order chi connectivity index (χ0) is 12.7. The fourth-order valence-electron chi connectivity index (χ4n) is 1.63. The van der Waals surface area contributed by atoms with E-state index in [1.807, 2.05) is 0 Å². The van der Waals surface area contributed by atoms with E-state index in [-0.39, 0.29) is 5.97 Å². The van der Waals surface area contributed by atoms with Crippen molar-refractivity contribution < 1.29 is 18.5 Å². The Bertz CT molecular complexity index is 270. The molecule has 1 aliphatic rings. The van der Waals surface area contributed by atoms with Crippen LogP contribution in [0.15, 0.2) is 0 Å². The SMILES string of the molecule is COC(C)OC(=O)CCCCC1CCSS1=O. The molecule has 0 aromatic heterocycles. The summed E-state index contributed by atoms with van der Waals surface area (Å²) in [6, 6.07) is 0. The van der Waals surface area contributed by atoms with Gasteiger partial charge in [-0.1, -0.05) is 17.2 Å². The lowest BCUT2D eigenvalue weighted by molar-refractivity contribution is -0.169. The summed E-state index contributed by atoms with van der Waals surface area (Å²) >= 11 is 0. The van der Waals surface area contributed by atoms with Crippen molar-refractivity contribution in [2.24, 2.45) is 0 Å². The fourth-order valence-corrected chi connectivity index (χ4v) is 5.12. The third kappa shape index (κ3) is 5.88. The number of carbonyl (C=O) groups excluding carboxylic acids is 1. The maximum atomic E-state index is 11.5. The zero-order valence-corrected chi connectivity index (χ0v) is 12.0. The second kappa shape index (κ2) is 8.11. The van der Waals surface area contributed by atoms with Crippen LogP contribution >= 0.6 is 10.8 Å². The van der Waals surface area contributed by atoms with Crippen LogP contribution in [0.25, 0.3) is 0 Å². The summed E-state index contributed by atoms with van der Waals surface area (Å²) in [6.45, 7) is 1.69. The summed E-state index contributed by atoms with van der Waals surface area (Å²) in [6.07, 6.45) is 3.68. The number of hydrogen-bond donors (Lipinski definition) is 0. The number of rotatable bonds is 7. The molecule has 0 radical (unpaired) electrons. The second-order valence-corrected chi connectivity index (χ2v) is 7.56. The van der Waals surface area contributed by atoms with Crippen molar-refractivity contribution in [3.05, 3.63) is 0 Å². The molecule has 0 saturated carbocycles. The van der Waals surface area contributed by atoms with Gasteiger partial charge in [-0.3, -0.25) is 4.79 Å². The molecular weight excluding hydrogens is 260 g/mol. The van der Waals surface area contributed by atoms with E-state index in [4.69, 9.17) is 9.47 Å². The third-order valence-corrected chi connectivity index (χ3v) is 6.36. The van der Waals surface area contributed by atoms with Gasteiger partial charge in [0.15, 0.2) is 6.29 Å². The highest BCUT2D eigenvalue weighted by Gasteiger charge is 2.23. The molecule has 1 aliphatic heterocycles. The van der Waals surface area contributed by atoms with Crippen LogP contribution in [0, 0.1) is 0 Å². The van der Waals surface area contributed by atoms with Gasteiger partial charge in [0.1, 0.15) is 0 Å². The summed E-state index contributed by atoms with van der Waals surface area (Å²) in [7, 11) is 2.35. The van der Waals surface area contributed by atoms with E-state index in [0.29, 0.717) is 11.7 Å². The van der Waals surface area contributed by atoms with Crippen LogP contribution < -0.4 is 0 Å². The molecule has 3 unspecified atom stereocenters. The first-order chi connectivity index (χ1) is 8.13. The molecule has 0 N–H and O–H groups in total. The van der Waals surface area contributed by atoms with Gasteiger partial charge in [0, 0.05) is 24.5 Å². The van der Waals surface area contributed by atoms with Crippen LogP contribution in [0.5, 0.6) is 0 Å². The highest BCUT2D eigenvalue weighted by Crippen LogP contribution is 2.29. The lowest BCUT2D eigenvalue weighted by Crippen LogP contribution is -2.16. The van der Waals surface area contributed by atoms with Crippen LogP contribution in [0.2, 0.25) is 0 Å². The van der Waals surface area contributed by atoms with Gasteiger partial charge in [-0.05, 0) is 26.2 Å². The highest BCUT2D eigenvalue weighted by molar-refractivity contribution is 8.69. The Hall–Kier alpha value is -0.0700. The van der Waals surface area contributed by atoms with Crippen molar-refractivity contribution in [2.45, 2.75) is 50.6 Å². The minimum Gasteiger partial charge on any atom is -0.436 e. The first kappa shape index (κ1) is 15.0. The lowest BCUT2D eigenvalue weighted by Gasteiger charge is -2.11. The Morgan fingerprint density at radius 2 is 2.29 bits per heavy atom. The van der Waals surface area contributed by atoms with Crippen molar-refractivity contribution in [3.8, 4) is 0 Å². The Morgan fingerprint density at radius 3 is 2.88 bits per heavy atom. The number of carbonyl (C=O) groups is 1. The van der Waals surface area contributed by atoms with Crippen LogP contribution in [-0.2, 0) is 24.1 Å². The normalized spacial score (nSPS) is 25.8. The molecule has 0 aliphatic carbocycles. The van der Waals surface area contributed by atoms with E-state index in [9.17, 15) is 9.00 Å². The lowest BCUT2D eigenvalue weighted by atomic mass is 10.1. The van der Waals surface area contributed by atoms with Crippen molar-refractivity contribution in [2.75, 3.05) is 12.9 Å². The molecule has 100 valence electrons. The van der Waals surface area contributed by atoms with Gasteiger partial charge in [-0.15, -0.1) is 0 Å². The van der Waals surface area contributed by atoms with Crippen LogP contribution in [-0.4, -0.2) is 34.6 Å². The van der Waals surface area contributed by atoms with Gasteiger partial charge in [0.25, 0.3) is 0 Å². The second-order valence-electron chi connectivity index (χ2n) is 4.03. The molecule has 1 fully saturated rings. The van der Waals surface area contributed by atoms with Crippen LogP contribution in [0.3, 0.4) is 0 Å². The summed E-state index contributed by atoms with van der Waals surface area (Å²) in [5.74, 6) is 0.784. The molecule has 0 amide bonds. The van der Waals surface area contributed by atoms with Crippen LogP contribution in [0.1, 0.15) is 39.0 Å². The van der Waals surface area contributed by atoms with Crippen molar-refractivity contribution in [1.29, 1.82) is 0 Å². The molecular formula is C11H20O4S2. The molecule has 1 rings (SSSR count). The summed E-state index contributed by atoms with van der Waals surface area (Å²) < 4.78 is 21.3. The maximum absolute atomic E-state index is 11.5. The van der Waals surface area contributed by atoms with Gasteiger partial charge in [-0.2, -0.15) is 0 Å². The number of methoxy groups -OCH3 is 1. The monoisotopic (exact) mass is 280 g/mol. The summed E-state index contributed by atoms with van der Waals surface area (Å²) in [4.78, 5) is 11.3. The number of hydrogen-bond acceptors (Lipinski definition) is 5. The van der Waals surface area contributed by atoms with E-state index >= 15 is 0 Å². The van der Waals surface area contributed by atoms with Crippen molar-refractivity contribution >= 4 is 26.6 Å². The predicted octanol–water partition coefficient (Wildman–Crippen LogP) is 2.25. The van der Waals surface area contributed by atoms with E-state index < -0.39 is 16.1 Å². The molecule has 0 aromatic carbocycles. The molecule has 0 aromatic rings. The molecule has 4 nitrogen and oxygen atoms in total. The van der Waals surface area contributed by atoms with Gasteiger partial charge in [0.05, 0.1) is 9.83 Å². The molecule has 1 heterocycles. The zero-order valence-electron chi connectivity index (χ0n) is 10.3. The number of ether oxygens (including phenoxy) is 2. The molecule has 6 heteroatoms.